The molecule has 1 aliphatic rings. The zero-order valence-corrected chi connectivity index (χ0v) is 10.8. The number of nitrogens with zero attached hydrogens (tertiary/aromatic N) is 1. The third kappa shape index (κ3) is 3.61. The summed E-state index contributed by atoms with van der Waals surface area (Å²) in [7, 11) is -0.648. The molecule has 0 amide bonds. The number of rotatable bonds is 4. The van der Waals surface area contributed by atoms with Gasteiger partial charge in [-0.1, -0.05) is 12.1 Å². The van der Waals surface area contributed by atoms with Crippen LogP contribution in [0.5, 0.6) is 0 Å². The number of nitrogens with one attached hydrogen (secondary N) is 1. The van der Waals surface area contributed by atoms with Crippen molar-refractivity contribution >= 4 is 16.5 Å². The van der Waals surface area contributed by atoms with Crippen molar-refractivity contribution in [2.75, 3.05) is 11.5 Å². The largest absolute Gasteiger partial charge is 0.310 e. The molecule has 1 aromatic carbocycles. The van der Waals surface area contributed by atoms with E-state index < -0.39 is 10.8 Å². The summed E-state index contributed by atoms with van der Waals surface area (Å²) in [6.45, 7) is 0.624. The van der Waals surface area contributed by atoms with Crippen molar-refractivity contribution in [2.45, 2.75) is 25.4 Å². The number of non-ortho nitro benzene ring substituents is 1. The van der Waals surface area contributed by atoms with Crippen LogP contribution >= 0.6 is 0 Å². The van der Waals surface area contributed by atoms with E-state index in [2.05, 4.69) is 5.32 Å². The Morgan fingerprint density at radius 2 is 2.11 bits per heavy atom. The molecular weight excluding hydrogens is 252 g/mol. The molecule has 1 aromatic rings. The van der Waals surface area contributed by atoms with Crippen LogP contribution in [-0.4, -0.2) is 26.7 Å². The first-order valence-electron chi connectivity index (χ1n) is 5.97. The molecule has 1 N–H and O–H groups in total. The lowest BCUT2D eigenvalue weighted by atomic mass is 10.1. The topological polar surface area (TPSA) is 72.2 Å². The Kier molecular flexibility index (Phi) is 4.43. The molecule has 0 spiro atoms. The molecule has 18 heavy (non-hydrogen) atoms. The minimum atomic E-state index is -0.648. The van der Waals surface area contributed by atoms with E-state index in [1.165, 1.54) is 6.07 Å². The van der Waals surface area contributed by atoms with E-state index in [1.54, 1.807) is 12.1 Å². The van der Waals surface area contributed by atoms with Gasteiger partial charge in [0, 0.05) is 47.0 Å². The molecule has 1 fully saturated rings. The Labute approximate surface area is 108 Å². The van der Waals surface area contributed by atoms with Crippen LogP contribution in [0.1, 0.15) is 18.4 Å². The van der Waals surface area contributed by atoms with Crippen LogP contribution in [0.15, 0.2) is 24.3 Å². The van der Waals surface area contributed by atoms with Crippen LogP contribution in [0.4, 0.5) is 5.69 Å². The fraction of sp³-hybridized carbons (Fsp3) is 0.500. The lowest BCUT2D eigenvalue weighted by Gasteiger charge is -2.22. The highest BCUT2D eigenvalue weighted by atomic mass is 32.2. The number of nitro benzene ring substituents is 1. The fourth-order valence-electron chi connectivity index (χ4n) is 2.04. The molecule has 0 bridgehead atoms. The van der Waals surface area contributed by atoms with Gasteiger partial charge in [0.05, 0.1) is 4.92 Å². The van der Waals surface area contributed by atoms with Gasteiger partial charge in [0.2, 0.25) is 0 Å². The third-order valence-corrected chi connectivity index (χ3v) is 4.49. The highest BCUT2D eigenvalue weighted by Crippen LogP contribution is 2.14. The first-order chi connectivity index (χ1) is 8.65. The molecule has 1 saturated heterocycles. The second-order valence-electron chi connectivity index (χ2n) is 4.43. The molecule has 0 saturated carbocycles. The van der Waals surface area contributed by atoms with Gasteiger partial charge < -0.3 is 5.32 Å². The van der Waals surface area contributed by atoms with Crippen molar-refractivity contribution < 1.29 is 9.13 Å². The summed E-state index contributed by atoms with van der Waals surface area (Å²) < 4.78 is 11.2. The van der Waals surface area contributed by atoms with Crippen LogP contribution in [0.3, 0.4) is 0 Å². The van der Waals surface area contributed by atoms with Crippen LogP contribution in [0.25, 0.3) is 0 Å². The van der Waals surface area contributed by atoms with Gasteiger partial charge in [0.25, 0.3) is 5.69 Å². The lowest BCUT2D eigenvalue weighted by Crippen LogP contribution is -2.35. The molecule has 0 unspecified atom stereocenters. The Morgan fingerprint density at radius 3 is 2.78 bits per heavy atom. The summed E-state index contributed by atoms with van der Waals surface area (Å²) in [5.74, 6) is 1.51. The molecule has 1 heterocycles. The van der Waals surface area contributed by atoms with Crippen molar-refractivity contribution in [1.82, 2.24) is 5.32 Å². The lowest BCUT2D eigenvalue weighted by molar-refractivity contribution is -0.384. The molecule has 5 nitrogen and oxygen atoms in total. The SMILES string of the molecule is O=[N+]([O-])c1cccc(CNC2CCS(=O)CC2)c1. The van der Waals surface area contributed by atoms with Crippen LogP contribution in [0, 0.1) is 10.1 Å². The number of hydrogen-bond acceptors (Lipinski definition) is 4. The summed E-state index contributed by atoms with van der Waals surface area (Å²) in [5, 5.41) is 14.0. The second-order valence-corrected chi connectivity index (χ2v) is 6.13. The molecule has 2 rings (SSSR count). The number of hydrogen-bond donors (Lipinski definition) is 1. The number of nitro groups is 1. The predicted octanol–water partition coefficient (Wildman–Crippen LogP) is 1.60. The van der Waals surface area contributed by atoms with E-state index in [0.717, 1.165) is 29.9 Å². The molecule has 0 aromatic heterocycles. The van der Waals surface area contributed by atoms with Crippen LogP contribution < -0.4 is 5.32 Å². The Bertz CT molecular complexity index is 454. The van der Waals surface area contributed by atoms with Crippen molar-refractivity contribution in [1.29, 1.82) is 0 Å². The van der Waals surface area contributed by atoms with Gasteiger partial charge in [-0.05, 0) is 18.4 Å². The van der Waals surface area contributed by atoms with Crippen LogP contribution in [-0.2, 0) is 17.3 Å². The van der Waals surface area contributed by atoms with Gasteiger partial charge in [-0.15, -0.1) is 0 Å². The molecule has 1 aliphatic heterocycles. The Balaban J connectivity index is 1.88. The van der Waals surface area contributed by atoms with Gasteiger partial charge >= 0.3 is 0 Å². The maximum atomic E-state index is 11.2. The smallest absolute Gasteiger partial charge is 0.269 e. The standard InChI is InChI=1S/C12H16N2O3S/c15-14(16)12-3-1-2-10(8-12)9-13-11-4-6-18(17)7-5-11/h1-3,8,11,13H,4-7,9H2. The maximum Gasteiger partial charge on any atom is 0.269 e. The van der Waals surface area contributed by atoms with E-state index in [0.29, 0.717) is 12.6 Å². The second kappa shape index (κ2) is 6.06. The average Bonchev–Trinajstić information content (AvgIpc) is 2.38. The predicted molar refractivity (Wildman–Crippen MR) is 70.8 cm³/mol. The fourth-order valence-corrected chi connectivity index (χ4v) is 3.34. The molecule has 98 valence electrons. The van der Waals surface area contributed by atoms with Crippen molar-refractivity contribution in [3.63, 3.8) is 0 Å². The van der Waals surface area contributed by atoms with Gasteiger partial charge in [-0.2, -0.15) is 0 Å². The summed E-state index contributed by atoms with van der Waals surface area (Å²) in [6.07, 6.45) is 1.84. The average molecular weight is 268 g/mol. The van der Waals surface area contributed by atoms with Crippen molar-refractivity contribution in [2.24, 2.45) is 0 Å². The van der Waals surface area contributed by atoms with Crippen molar-refractivity contribution in [3.8, 4) is 0 Å². The maximum absolute atomic E-state index is 11.2. The van der Waals surface area contributed by atoms with Gasteiger partial charge in [-0.25, -0.2) is 0 Å². The van der Waals surface area contributed by atoms with Crippen molar-refractivity contribution in [3.05, 3.63) is 39.9 Å². The summed E-state index contributed by atoms with van der Waals surface area (Å²) in [4.78, 5) is 10.3. The van der Waals surface area contributed by atoms with Gasteiger partial charge in [0.15, 0.2) is 0 Å². The highest BCUT2D eigenvalue weighted by Gasteiger charge is 2.17. The minimum absolute atomic E-state index is 0.124. The minimum Gasteiger partial charge on any atom is -0.310 e. The van der Waals surface area contributed by atoms with Gasteiger partial charge in [-0.3, -0.25) is 14.3 Å². The van der Waals surface area contributed by atoms with E-state index in [4.69, 9.17) is 0 Å². The van der Waals surface area contributed by atoms with E-state index >= 15 is 0 Å². The summed E-state index contributed by atoms with van der Waals surface area (Å²) >= 11 is 0. The first kappa shape index (κ1) is 13.2. The molecule has 0 radical (unpaired) electrons. The normalized spacial score (nSPS) is 23.8. The molecule has 0 atom stereocenters. The van der Waals surface area contributed by atoms with E-state index in [-0.39, 0.29) is 10.6 Å². The zero-order chi connectivity index (χ0) is 13.0. The van der Waals surface area contributed by atoms with E-state index in [1.807, 2.05) is 6.07 Å². The third-order valence-electron chi connectivity index (χ3n) is 3.10. The molecular formula is C12H16N2O3S. The quantitative estimate of drug-likeness (QED) is 0.665. The first-order valence-corrected chi connectivity index (χ1v) is 7.45. The Morgan fingerprint density at radius 1 is 1.39 bits per heavy atom. The number of benzene rings is 1. The highest BCUT2D eigenvalue weighted by molar-refractivity contribution is 7.85. The molecule has 6 heteroatoms. The van der Waals surface area contributed by atoms with Crippen LogP contribution in [0.2, 0.25) is 0 Å². The zero-order valence-electron chi connectivity index (χ0n) is 10.0. The summed E-state index contributed by atoms with van der Waals surface area (Å²) in [6, 6.07) is 7.04. The monoisotopic (exact) mass is 268 g/mol. The summed E-state index contributed by atoms with van der Waals surface area (Å²) in [5.41, 5.74) is 1.04. The Hall–Kier alpha value is -1.27. The van der Waals surface area contributed by atoms with E-state index in [9.17, 15) is 14.3 Å². The molecule has 0 aliphatic carbocycles. The van der Waals surface area contributed by atoms with Gasteiger partial charge in [0.1, 0.15) is 0 Å².